The molecule has 4 rings (SSSR count). The van der Waals surface area contributed by atoms with Gasteiger partial charge in [-0.2, -0.15) is 0 Å². The standard InChI is InChI=1S/C22H23N3O9S/c1-12(26)23-7-8-35-16-9-15-17(22(2)11-33-21(29)34-22)19(27)24(15)18(16)20(28)32-10-13-3-5-14(6-4-13)25(30)31/h3-6,15,17H,7-11H2,1-2H3,(H,23,26)/t15?,17-,22?/m0/s1. The van der Waals surface area contributed by atoms with E-state index in [0.29, 0.717) is 29.2 Å². The van der Waals surface area contributed by atoms with Gasteiger partial charge in [0, 0.05) is 42.7 Å². The fraction of sp³-hybridized carbons (Fsp3) is 0.455. The largest absolute Gasteiger partial charge is 0.509 e. The van der Waals surface area contributed by atoms with Crippen molar-refractivity contribution in [2.24, 2.45) is 5.92 Å². The molecule has 0 aromatic heterocycles. The summed E-state index contributed by atoms with van der Waals surface area (Å²) >= 11 is 1.34. The number of hydrogen-bond donors (Lipinski definition) is 1. The topological polar surface area (TPSA) is 154 Å². The average Bonchev–Trinajstić information content (AvgIpc) is 3.31. The molecule has 0 spiro atoms. The Kier molecular flexibility index (Phi) is 6.70. The van der Waals surface area contributed by atoms with E-state index in [1.165, 1.54) is 47.9 Å². The third-order valence-electron chi connectivity index (χ3n) is 6.03. The zero-order valence-corrected chi connectivity index (χ0v) is 19.8. The lowest BCUT2D eigenvalue weighted by Crippen LogP contribution is -2.66. The van der Waals surface area contributed by atoms with Gasteiger partial charge < -0.3 is 24.4 Å². The van der Waals surface area contributed by atoms with E-state index in [1.54, 1.807) is 6.92 Å². The van der Waals surface area contributed by atoms with E-state index < -0.39 is 34.6 Å². The Bertz CT molecular complexity index is 1120. The second kappa shape index (κ2) is 9.56. The van der Waals surface area contributed by atoms with Crippen molar-refractivity contribution in [1.29, 1.82) is 0 Å². The van der Waals surface area contributed by atoms with Gasteiger partial charge in [0.05, 0.1) is 11.0 Å². The van der Waals surface area contributed by atoms with Crippen LogP contribution in [-0.2, 0) is 35.2 Å². The Hall–Kier alpha value is -3.61. The summed E-state index contributed by atoms with van der Waals surface area (Å²) < 4.78 is 15.6. The van der Waals surface area contributed by atoms with Crippen molar-refractivity contribution >= 4 is 41.4 Å². The molecule has 3 aliphatic rings. The molecular weight excluding hydrogens is 482 g/mol. The van der Waals surface area contributed by atoms with Crippen molar-refractivity contribution in [3.8, 4) is 0 Å². The van der Waals surface area contributed by atoms with Gasteiger partial charge in [0.15, 0.2) is 5.60 Å². The number of carbonyl (C=O) groups excluding carboxylic acids is 4. The molecule has 0 radical (unpaired) electrons. The van der Waals surface area contributed by atoms with E-state index in [4.69, 9.17) is 14.2 Å². The maximum Gasteiger partial charge on any atom is 0.509 e. The van der Waals surface area contributed by atoms with Gasteiger partial charge in [-0.25, -0.2) is 9.59 Å². The van der Waals surface area contributed by atoms with Gasteiger partial charge in [0.2, 0.25) is 11.8 Å². The van der Waals surface area contributed by atoms with Gasteiger partial charge in [-0.05, 0) is 24.6 Å². The molecule has 1 N–H and O–H groups in total. The lowest BCUT2D eigenvalue weighted by Gasteiger charge is -2.48. The molecule has 12 nitrogen and oxygen atoms in total. The number of amides is 2. The van der Waals surface area contributed by atoms with Crippen LogP contribution in [0.15, 0.2) is 34.9 Å². The number of esters is 1. The normalized spacial score (nSPS) is 24.9. The molecule has 13 heteroatoms. The first-order valence-corrected chi connectivity index (χ1v) is 11.8. The number of rotatable bonds is 9. The van der Waals surface area contributed by atoms with Crippen LogP contribution in [0.1, 0.15) is 25.8 Å². The highest BCUT2D eigenvalue weighted by Gasteiger charge is 2.64. The van der Waals surface area contributed by atoms with E-state index in [2.05, 4.69) is 5.32 Å². The quantitative estimate of drug-likeness (QED) is 0.173. The summed E-state index contributed by atoms with van der Waals surface area (Å²) in [6.07, 6.45) is -0.465. The number of thioether (sulfide) groups is 1. The molecule has 3 heterocycles. The average molecular weight is 506 g/mol. The van der Waals surface area contributed by atoms with Gasteiger partial charge in [0.1, 0.15) is 24.8 Å². The molecule has 2 amide bonds. The molecule has 0 aliphatic carbocycles. The van der Waals surface area contributed by atoms with Gasteiger partial charge in [-0.1, -0.05) is 0 Å². The van der Waals surface area contributed by atoms with Crippen molar-refractivity contribution in [2.45, 2.75) is 38.5 Å². The molecule has 2 unspecified atom stereocenters. The molecule has 186 valence electrons. The molecule has 2 saturated heterocycles. The first-order chi connectivity index (χ1) is 16.6. The first kappa shape index (κ1) is 24.5. The third kappa shape index (κ3) is 4.81. The number of nitro groups is 1. The molecule has 3 atom stereocenters. The van der Waals surface area contributed by atoms with E-state index in [0.717, 1.165) is 0 Å². The van der Waals surface area contributed by atoms with E-state index >= 15 is 0 Å². The summed E-state index contributed by atoms with van der Waals surface area (Å²) in [6, 6.07) is 5.20. The third-order valence-corrected chi connectivity index (χ3v) is 7.15. The fourth-order valence-electron chi connectivity index (χ4n) is 4.40. The molecule has 3 aliphatic heterocycles. The summed E-state index contributed by atoms with van der Waals surface area (Å²) in [5, 5.41) is 13.5. The molecule has 1 aromatic rings. The molecule has 2 fully saturated rings. The second-order valence-corrected chi connectivity index (χ2v) is 9.70. The van der Waals surface area contributed by atoms with Gasteiger partial charge >= 0.3 is 12.1 Å². The van der Waals surface area contributed by atoms with Crippen LogP contribution in [0.2, 0.25) is 0 Å². The number of non-ortho nitro benzene ring substituents is 1. The van der Waals surface area contributed by atoms with E-state index in [-0.39, 0.29) is 36.4 Å². The molecule has 0 saturated carbocycles. The summed E-state index contributed by atoms with van der Waals surface area (Å²) in [7, 11) is 0. The number of carbonyl (C=O) groups is 4. The van der Waals surface area contributed by atoms with Crippen molar-refractivity contribution < 1.29 is 38.3 Å². The highest BCUT2D eigenvalue weighted by molar-refractivity contribution is 8.03. The summed E-state index contributed by atoms with van der Waals surface area (Å²) in [5.74, 6) is -1.44. The van der Waals surface area contributed by atoms with E-state index in [1.807, 2.05) is 0 Å². The number of ether oxygens (including phenoxy) is 3. The van der Waals surface area contributed by atoms with Crippen LogP contribution >= 0.6 is 11.8 Å². The summed E-state index contributed by atoms with van der Waals surface area (Å²) in [4.78, 5) is 61.1. The summed E-state index contributed by atoms with van der Waals surface area (Å²) in [5.41, 5.74) is -0.532. The number of benzene rings is 1. The van der Waals surface area contributed by atoms with Crippen LogP contribution < -0.4 is 5.32 Å². The minimum absolute atomic E-state index is 0.0580. The smallest absolute Gasteiger partial charge is 0.456 e. The second-order valence-electron chi connectivity index (χ2n) is 8.51. The van der Waals surface area contributed by atoms with Gasteiger partial charge in [-0.3, -0.25) is 19.7 Å². The van der Waals surface area contributed by atoms with Crippen LogP contribution in [0, 0.1) is 16.0 Å². The molecule has 1 aromatic carbocycles. The highest BCUT2D eigenvalue weighted by Crippen LogP contribution is 2.51. The highest BCUT2D eigenvalue weighted by atomic mass is 32.2. The van der Waals surface area contributed by atoms with E-state index in [9.17, 15) is 29.3 Å². The molecular formula is C22H23N3O9S. The monoisotopic (exact) mass is 505 g/mol. The van der Waals surface area contributed by atoms with Crippen LogP contribution in [0.25, 0.3) is 0 Å². The Balaban J connectivity index is 1.48. The lowest BCUT2D eigenvalue weighted by molar-refractivity contribution is -0.384. The Morgan fingerprint density at radius 2 is 2.03 bits per heavy atom. The number of nitro benzene ring substituents is 1. The Morgan fingerprint density at radius 1 is 1.31 bits per heavy atom. The number of hydrogen-bond acceptors (Lipinski definition) is 10. The Morgan fingerprint density at radius 3 is 2.63 bits per heavy atom. The number of cyclic esters (lactones) is 2. The predicted molar refractivity (Wildman–Crippen MR) is 121 cm³/mol. The minimum atomic E-state index is -1.13. The first-order valence-electron chi connectivity index (χ1n) is 10.8. The maximum absolute atomic E-state index is 13.1. The van der Waals surface area contributed by atoms with Crippen LogP contribution in [-0.4, -0.2) is 64.3 Å². The van der Waals surface area contributed by atoms with Crippen molar-refractivity contribution in [2.75, 3.05) is 18.9 Å². The zero-order valence-electron chi connectivity index (χ0n) is 19.0. The van der Waals surface area contributed by atoms with Crippen molar-refractivity contribution in [1.82, 2.24) is 10.2 Å². The molecule has 0 bridgehead atoms. The van der Waals surface area contributed by atoms with Gasteiger partial charge in [-0.15, -0.1) is 11.8 Å². The van der Waals surface area contributed by atoms with Crippen molar-refractivity contribution in [3.05, 3.63) is 50.5 Å². The SMILES string of the molecule is CC(=O)NCCSC1=C(C(=O)OCc2ccc([N+](=O)[O-])cc2)N2C(=O)[C@@H](C3(C)COC(=O)O3)C2C1. The number of nitrogens with zero attached hydrogens (tertiary/aromatic N) is 2. The van der Waals surface area contributed by atoms with Crippen molar-refractivity contribution in [3.63, 3.8) is 0 Å². The minimum Gasteiger partial charge on any atom is -0.456 e. The maximum atomic E-state index is 13.1. The Labute approximate surface area is 204 Å². The molecule has 35 heavy (non-hydrogen) atoms. The number of fused-ring (bicyclic) bond motifs is 1. The van der Waals surface area contributed by atoms with Crippen LogP contribution in [0.4, 0.5) is 10.5 Å². The van der Waals surface area contributed by atoms with Crippen LogP contribution in [0.5, 0.6) is 0 Å². The van der Waals surface area contributed by atoms with Gasteiger partial charge in [0.25, 0.3) is 5.69 Å². The lowest BCUT2D eigenvalue weighted by atomic mass is 9.75. The number of β-lactam (4-membered cyclic amide) rings is 1. The fourth-order valence-corrected chi connectivity index (χ4v) is 5.45. The number of nitrogens with one attached hydrogen (secondary N) is 1. The van der Waals surface area contributed by atoms with Crippen LogP contribution in [0.3, 0.4) is 0 Å². The summed E-state index contributed by atoms with van der Waals surface area (Å²) in [6.45, 7) is 3.22. The predicted octanol–water partition coefficient (Wildman–Crippen LogP) is 1.88. The zero-order chi connectivity index (χ0) is 25.3.